The number of halogens is 3. The number of nitrogens with two attached hydrogens (primary N) is 1. The molecule has 0 unspecified atom stereocenters. The molecule has 0 radical (unpaired) electrons. The third kappa shape index (κ3) is 3.14. The van der Waals surface area contributed by atoms with Crippen LogP contribution in [0, 0.1) is 0 Å². The molecule has 0 saturated carbocycles. The zero-order valence-corrected chi connectivity index (χ0v) is 8.51. The first-order valence-corrected chi connectivity index (χ1v) is 4.50. The zero-order chi connectivity index (χ0) is 12.3. The minimum atomic E-state index is -4.42. The highest BCUT2D eigenvalue weighted by Crippen LogP contribution is 2.17. The lowest BCUT2D eigenvalue weighted by molar-refractivity contribution is -0.140. The smallest absolute Gasteiger partial charge is 0.382 e. The van der Waals surface area contributed by atoms with Gasteiger partial charge in [-0.1, -0.05) is 0 Å². The number of amides is 1. The first-order chi connectivity index (χ1) is 7.33. The van der Waals surface area contributed by atoms with Gasteiger partial charge in [-0.05, 0) is 6.92 Å². The first-order valence-electron chi connectivity index (χ1n) is 4.50. The topological polar surface area (TPSA) is 75.0 Å². The summed E-state index contributed by atoms with van der Waals surface area (Å²) in [7, 11) is 0. The molecule has 5 nitrogen and oxygen atoms in total. The fraction of sp³-hybridized carbons (Fsp3) is 0.500. The Hall–Kier alpha value is -1.73. The van der Waals surface area contributed by atoms with Crippen LogP contribution in [0.25, 0.3) is 0 Å². The van der Waals surface area contributed by atoms with Crippen LogP contribution in [0.4, 0.5) is 19.0 Å². The molecule has 0 atom stereocenters. The highest BCUT2D eigenvalue weighted by Gasteiger charge is 2.33. The Kier molecular flexibility index (Phi) is 3.41. The molecule has 0 bridgehead atoms. The second kappa shape index (κ2) is 4.42. The van der Waals surface area contributed by atoms with Crippen molar-refractivity contribution in [2.75, 3.05) is 18.8 Å². The highest BCUT2D eigenvalue weighted by atomic mass is 19.4. The maximum atomic E-state index is 12.1. The number of nitrogens with zero attached hydrogens (tertiary/aromatic N) is 2. The molecule has 0 fully saturated rings. The number of H-pyrrole nitrogens is 1. The van der Waals surface area contributed by atoms with Crippen molar-refractivity contribution < 1.29 is 18.0 Å². The summed E-state index contributed by atoms with van der Waals surface area (Å²) in [6, 6.07) is 1.20. The van der Waals surface area contributed by atoms with E-state index in [0.29, 0.717) is 4.90 Å². The average Bonchev–Trinajstić information content (AvgIpc) is 2.58. The van der Waals surface area contributed by atoms with E-state index in [2.05, 4.69) is 10.2 Å². The van der Waals surface area contributed by atoms with Gasteiger partial charge in [0.15, 0.2) is 0 Å². The standard InChI is InChI=1S/C8H11F3N4O/c1-2-15(4-8(9,10)11)7(16)5-3-6(12)14-13-5/h3H,2,4H2,1H3,(H3,12,13,14). The molecule has 0 saturated heterocycles. The number of aromatic amines is 1. The van der Waals surface area contributed by atoms with E-state index in [0.717, 1.165) is 0 Å². The quantitative estimate of drug-likeness (QED) is 0.822. The Morgan fingerprint density at radius 2 is 2.25 bits per heavy atom. The molecule has 1 amide bonds. The predicted octanol–water partition coefficient (Wildman–Crippen LogP) is 1.02. The van der Waals surface area contributed by atoms with Gasteiger partial charge in [-0.25, -0.2) is 0 Å². The Bertz CT molecular complexity index is 374. The number of hydrogen-bond acceptors (Lipinski definition) is 3. The minimum absolute atomic E-state index is 0.0444. The molecule has 16 heavy (non-hydrogen) atoms. The number of rotatable bonds is 3. The van der Waals surface area contributed by atoms with Gasteiger partial charge in [-0.15, -0.1) is 0 Å². The summed E-state index contributed by atoms with van der Waals surface area (Å²) in [5, 5.41) is 5.75. The normalized spacial score (nSPS) is 11.5. The summed E-state index contributed by atoms with van der Waals surface area (Å²) >= 11 is 0. The lowest BCUT2D eigenvalue weighted by Gasteiger charge is -2.21. The molecule has 1 heterocycles. The van der Waals surface area contributed by atoms with E-state index >= 15 is 0 Å². The van der Waals surface area contributed by atoms with Gasteiger partial charge in [0.1, 0.15) is 18.1 Å². The van der Waals surface area contributed by atoms with Crippen molar-refractivity contribution in [1.29, 1.82) is 0 Å². The molecular weight excluding hydrogens is 225 g/mol. The fourth-order valence-electron chi connectivity index (χ4n) is 1.16. The van der Waals surface area contributed by atoms with Crippen molar-refractivity contribution in [3.05, 3.63) is 11.8 Å². The maximum Gasteiger partial charge on any atom is 0.406 e. The number of carbonyl (C=O) groups is 1. The summed E-state index contributed by atoms with van der Waals surface area (Å²) in [6.07, 6.45) is -4.42. The Morgan fingerprint density at radius 1 is 1.62 bits per heavy atom. The molecule has 0 aliphatic carbocycles. The monoisotopic (exact) mass is 236 g/mol. The number of aromatic nitrogens is 2. The van der Waals surface area contributed by atoms with Crippen LogP contribution in [0.2, 0.25) is 0 Å². The minimum Gasteiger partial charge on any atom is -0.382 e. The Labute approximate surface area is 89.4 Å². The van der Waals surface area contributed by atoms with Gasteiger partial charge in [0, 0.05) is 12.6 Å². The van der Waals surface area contributed by atoms with Crippen LogP contribution in [-0.4, -0.2) is 40.3 Å². The van der Waals surface area contributed by atoms with Crippen molar-refractivity contribution in [3.63, 3.8) is 0 Å². The molecule has 0 spiro atoms. The van der Waals surface area contributed by atoms with Crippen LogP contribution in [0.15, 0.2) is 6.07 Å². The third-order valence-corrected chi connectivity index (χ3v) is 1.87. The molecule has 3 N–H and O–H groups in total. The molecule has 0 aliphatic rings. The highest BCUT2D eigenvalue weighted by molar-refractivity contribution is 5.92. The van der Waals surface area contributed by atoms with E-state index in [1.807, 2.05) is 0 Å². The molecule has 1 aromatic rings. The zero-order valence-electron chi connectivity index (χ0n) is 8.51. The van der Waals surface area contributed by atoms with E-state index in [1.165, 1.54) is 13.0 Å². The van der Waals surface area contributed by atoms with Gasteiger partial charge < -0.3 is 10.6 Å². The molecular formula is C8H11F3N4O. The summed E-state index contributed by atoms with van der Waals surface area (Å²) in [6.45, 7) is 0.127. The van der Waals surface area contributed by atoms with Gasteiger partial charge in [0.25, 0.3) is 5.91 Å². The van der Waals surface area contributed by atoms with E-state index in [4.69, 9.17) is 5.73 Å². The van der Waals surface area contributed by atoms with Crippen LogP contribution in [0.5, 0.6) is 0 Å². The predicted molar refractivity (Wildman–Crippen MR) is 50.6 cm³/mol. The van der Waals surface area contributed by atoms with Crippen molar-refractivity contribution in [1.82, 2.24) is 15.1 Å². The lowest BCUT2D eigenvalue weighted by atomic mass is 10.3. The summed E-state index contributed by atoms with van der Waals surface area (Å²) in [5.74, 6) is -0.713. The van der Waals surface area contributed by atoms with Gasteiger partial charge in [0.2, 0.25) is 0 Å². The van der Waals surface area contributed by atoms with Gasteiger partial charge >= 0.3 is 6.18 Å². The van der Waals surface area contributed by atoms with Gasteiger partial charge in [-0.2, -0.15) is 18.3 Å². The van der Waals surface area contributed by atoms with E-state index < -0.39 is 18.6 Å². The average molecular weight is 236 g/mol. The lowest BCUT2D eigenvalue weighted by Crippen LogP contribution is -2.38. The number of alkyl halides is 3. The van der Waals surface area contributed by atoms with Crippen LogP contribution >= 0.6 is 0 Å². The Morgan fingerprint density at radius 3 is 2.62 bits per heavy atom. The number of hydrogen-bond donors (Lipinski definition) is 2. The van der Waals surface area contributed by atoms with E-state index in [9.17, 15) is 18.0 Å². The number of nitrogens with one attached hydrogen (secondary N) is 1. The second-order valence-electron chi connectivity index (χ2n) is 3.14. The largest absolute Gasteiger partial charge is 0.406 e. The third-order valence-electron chi connectivity index (χ3n) is 1.87. The van der Waals surface area contributed by atoms with Crippen LogP contribution in [-0.2, 0) is 0 Å². The number of anilines is 1. The summed E-state index contributed by atoms with van der Waals surface area (Å²) in [4.78, 5) is 12.2. The molecule has 1 aromatic heterocycles. The number of carbonyl (C=O) groups excluding carboxylic acids is 1. The van der Waals surface area contributed by atoms with Crippen LogP contribution < -0.4 is 5.73 Å². The number of nitrogen functional groups attached to an aromatic ring is 1. The van der Waals surface area contributed by atoms with Crippen molar-refractivity contribution >= 4 is 11.7 Å². The molecule has 0 aromatic carbocycles. The fourth-order valence-corrected chi connectivity index (χ4v) is 1.16. The molecule has 90 valence electrons. The SMILES string of the molecule is CCN(CC(F)(F)F)C(=O)c1cc(N)n[nH]1. The second-order valence-corrected chi connectivity index (χ2v) is 3.14. The molecule has 0 aliphatic heterocycles. The maximum absolute atomic E-state index is 12.1. The van der Waals surface area contributed by atoms with E-state index in [-0.39, 0.29) is 18.1 Å². The molecule has 8 heteroatoms. The van der Waals surface area contributed by atoms with Crippen LogP contribution in [0.1, 0.15) is 17.4 Å². The molecule has 1 rings (SSSR count). The van der Waals surface area contributed by atoms with Crippen LogP contribution in [0.3, 0.4) is 0 Å². The van der Waals surface area contributed by atoms with Gasteiger partial charge in [0.05, 0.1) is 0 Å². The van der Waals surface area contributed by atoms with Gasteiger partial charge in [-0.3, -0.25) is 9.89 Å². The van der Waals surface area contributed by atoms with Crippen molar-refractivity contribution in [2.45, 2.75) is 13.1 Å². The summed E-state index contributed by atoms with van der Waals surface area (Å²) < 4.78 is 36.4. The Balaban J connectivity index is 2.78. The van der Waals surface area contributed by atoms with Crippen molar-refractivity contribution in [3.8, 4) is 0 Å². The van der Waals surface area contributed by atoms with E-state index in [1.54, 1.807) is 0 Å². The first kappa shape index (κ1) is 12.3. The summed E-state index contributed by atoms with van der Waals surface area (Å²) in [5.41, 5.74) is 5.20. The van der Waals surface area contributed by atoms with Crippen molar-refractivity contribution in [2.24, 2.45) is 0 Å².